The molecule has 1 aliphatic rings. The van der Waals surface area contributed by atoms with Gasteiger partial charge in [0.1, 0.15) is 11.6 Å². The molecule has 0 unspecified atom stereocenters. The fraction of sp³-hybridized carbons (Fsp3) is 0.333. The molecule has 1 fully saturated rings. The van der Waals surface area contributed by atoms with E-state index >= 15 is 0 Å². The van der Waals surface area contributed by atoms with Crippen molar-refractivity contribution in [1.82, 2.24) is 0 Å². The number of fused-ring (bicyclic) bond motifs is 1. The third-order valence-corrected chi connectivity index (χ3v) is 4.34. The molecule has 2 aromatic rings. The van der Waals surface area contributed by atoms with E-state index in [1.54, 1.807) is 6.92 Å². The highest BCUT2D eigenvalue weighted by Crippen LogP contribution is 2.31. The molecule has 2 aromatic carbocycles. The zero-order chi connectivity index (χ0) is 14.1. The second-order valence-corrected chi connectivity index (χ2v) is 5.80. The zero-order valence-corrected chi connectivity index (χ0v) is 11.6. The highest BCUT2D eigenvalue weighted by Gasteiger charge is 2.34. The van der Waals surface area contributed by atoms with E-state index in [0.717, 1.165) is 12.8 Å². The van der Waals surface area contributed by atoms with Crippen LogP contribution >= 0.6 is 0 Å². The summed E-state index contributed by atoms with van der Waals surface area (Å²) < 4.78 is 0. The summed E-state index contributed by atoms with van der Waals surface area (Å²) in [6.45, 7) is 1.59. The second-order valence-electron chi connectivity index (χ2n) is 5.80. The van der Waals surface area contributed by atoms with Crippen LogP contribution in [0, 0.1) is 11.8 Å². The summed E-state index contributed by atoms with van der Waals surface area (Å²) in [6.07, 6.45) is 1.92. The fourth-order valence-corrected chi connectivity index (χ4v) is 3.12. The van der Waals surface area contributed by atoms with Gasteiger partial charge in [0.15, 0.2) is 0 Å². The van der Waals surface area contributed by atoms with Crippen molar-refractivity contribution in [2.45, 2.75) is 26.2 Å². The van der Waals surface area contributed by atoms with Crippen LogP contribution in [0.25, 0.3) is 10.8 Å². The zero-order valence-electron chi connectivity index (χ0n) is 11.6. The van der Waals surface area contributed by atoms with Gasteiger partial charge < -0.3 is 0 Å². The molecule has 0 amide bonds. The summed E-state index contributed by atoms with van der Waals surface area (Å²) in [5.74, 6) is 0.371. The quantitative estimate of drug-likeness (QED) is 0.851. The number of carbonyl (C=O) groups excluding carboxylic acids is 2. The van der Waals surface area contributed by atoms with E-state index in [9.17, 15) is 9.59 Å². The Bertz CT molecular complexity index is 672. The SMILES string of the molecule is CC(=O)[C@@H]1CC(=O)[C@@H](Cc2ccc3ccccc3c2)C1. The molecule has 0 aliphatic heterocycles. The Hall–Kier alpha value is -1.96. The minimum absolute atomic E-state index is 0.0186. The first-order valence-corrected chi connectivity index (χ1v) is 7.14. The predicted molar refractivity (Wildman–Crippen MR) is 79.6 cm³/mol. The molecule has 2 atom stereocenters. The molecule has 1 aliphatic carbocycles. The Morgan fingerprint density at radius 2 is 1.90 bits per heavy atom. The number of hydrogen-bond acceptors (Lipinski definition) is 2. The van der Waals surface area contributed by atoms with E-state index in [1.165, 1.54) is 16.3 Å². The average Bonchev–Trinajstić information content (AvgIpc) is 2.80. The van der Waals surface area contributed by atoms with E-state index in [4.69, 9.17) is 0 Å². The molecule has 2 heteroatoms. The number of rotatable bonds is 3. The first kappa shape index (κ1) is 13.0. The van der Waals surface area contributed by atoms with E-state index in [0.29, 0.717) is 6.42 Å². The summed E-state index contributed by atoms with van der Waals surface area (Å²) >= 11 is 0. The number of benzene rings is 2. The van der Waals surface area contributed by atoms with Crippen LogP contribution in [0.1, 0.15) is 25.3 Å². The average molecular weight is 266 g/mol. The molecule has 1 saturated carbocycles. The first-order chi connectivity index (χ1) is 9.63. The van der Waals surface area contributed by atoms with Crippen molar-refractivity contribution in [1.29, 1.82) is 0 Å². The van der Waals surface area contributed by atoms with Gasteiger partial charge in [0.2, 0.25) is 0 Å². The van der Waals surface area contributed by atoms with Crippen molar-refractivity contribution in [3.05, 3.63) is 48.0 Å². The molecule has 3 rings (SSSR count). The van der Waals surface area contributed by atoms with Crippen LogP contribution in [-0.2, 0) is 16.0 Å². The Morgan fingerprint density at radius 3 is 2.60 bits per heavy atom. The third kappa shape index (κ3) is 2.51. The highest BCUT2D eigenvalue weighted by molar-refractivity contribution is 5.91. The van der Waals surface area contributed by atoms with Crippen molar-refractivity contribution in [3.63, 3.8) is 0 Å². The van der Waals surface area contributed by atoms with Crippen LogP contribution in [0.15, 0.2) is 42.5 Å². The lowest BCUT2D eigenvalue weighted by Crippen LogP contribution is -2.09. The van der Waals surface area contributed by atoms with Crippen LogP contribution in [0.3, 0.4) is 0 Å². The van der Waals surface area contributed by atoms with Gasteiger partial charge in [-0.2, -0.15) is 0 Å². The standard InChI is InChI=1S/C18H18O2/c1-12(19)16-10-17(18(20)11-16)9-13-6-7-14-4-2-3-5-15(14)8-13/h2-8,16-17H,9-11H2,1H3/t16-,17-/m0/s1. The minimum Gasteiger partial charge on any atom is -0.300 e. The first-order valence-electron chi connectivity index (χ1n) is 7.14. The second kappa shape index (κ2) is 5.20. The van der Waals surface area contributed by atoms with E-state index in [2.05, 4.69) is 30.3 Å². The smallest absolute Gasteiger partial charge is 0.137 e. The lowest BCUT2D eigenvalue weighted by molar-refractivity contribution is -0.124. The van der Waals surface area contributed by atoms with E-state index in [1.807, 2.05) is 12.1 Å². The maximum atomic E-state index is 12.0. The fourth-order valence-electron chi connectivity index (χ4n) is 3.12. The van der Waals surface area contributed by atoms with Crippen LogP contribution in [0.4, 0.5) is 0 Å². The third-order valence-electron chi connectivity index (χ3n) is 4.34. The molecule has 0 saturated heterocycles. The van der Waals surface area contributed by atoms with Gasteiger partial charge in [0.05, 0.1) is 0 Å². The van der Waals surface area contributed by atoms with Crippen molar-refractivity contribution in [3.8, 4) is 0 Å². The summed E-state index contributed by atoms with van der Waals surface area (Å²) in [5.41, 5.74) is 1.19. The van der Waals surface area contributed by atoms with Crippen molar-refractivity contribution in [2.75, 3.05) is 0 Å². The van der Waals surface area contributed by atoms with E-state index < -0.39 is 0 Å². The lowest BCUT2D eigenvalue weighted by Gasteiger charge is -2.09. The number of hydrogen-bond donors (Lipinski definition) is 0. The number of Topliss-reactive ketones (excluding diaryl/α,β-unsaturated/α-hetero) is 2. The van der Waals surface area contributed by atoms with Gasteiger partial charge in [0, 0.05) is 18.3 Å². The highest BCUT2D eigenvalue weighted by atomic mass is 16.1. The molecular weight excluding hydrogens is 248 g/mol. The van der Waals surface area contributed by atoms with Gasteiger partial charge in [-0.05, 0) is 36.1 Å². The molecule has 102 valence electrons. The van der Waals surface area contributed by atoms with Crippen LogP contribution in [0.2, 0.25) is 0 Å². The Kier molecular flexibility index (Phi) is 3.39. The summed E-state index contributed by atoms with van der Waals surface area (Å²) in [6, 6.07) is 14.6. The summed E-state index contributed by atoms with van der Waals surface area (Å²) in [7, 11) is 0. The number of carbonyl (C=O) groups is 2. The Labute approximate surface area is 118 Å². The molecule has 0 heterocycles. The van der Waals surface area contributed by atoms with Crippen LogP contribution in [0.5, 0.6) is 0 Å². The topological polar surface area (TPSA) is 34.1 Å². The Morgan fingerprint density at radius 1 is 1.15 bits per heavy atom. The lowest BCUT2D eigenvalue weighted by atomic mass is 9.94. The molecule has 20 heavy (non-hydrogen) atoms. The molecule has 0 bridgehead atoms. The van der Waals surface area contributed by atoms with Crippen molar-refractivity contribution >= 4 is 22.3 Å². The van der Waals surface area contributed by atoms with Gasteiger partial charge in [-0.25, -0.2) is 0 Å². The Balaban J connectivity index is 1.79. The van der Waals surface area contributed by atoms with E-state index in [-0.39, 0.29) is 23.4 Å². The molecule has 0 spiro atoms. The minimum atomic E-state index is -0.0482. The van der Waals surface area contributed by atoms with Crippen molar-refractivity contribution in [2.24, 2.45) is 11.8 Å². The summed E-state index contributed by atoms with van der Waals surface area (Å²) in [4.78, 5) is 23.4. The van der Waals surface area contributed by atoms with Gasteiger partial charge in [-0.15, -0.1) is 0 Å². The maximum Gasteiger partial charge on any atom is 0.137 e. The van der Waals surface area contributed by atoms with Crippen molar-refractivity contribution < 1.29 is 9.59 Å². The van der Waals surface area contributed by atoms with Gasteiger partial charge in [-0.1, -0.05) is 42.5 Å². The summed E-state index contributed by atoms with van der Waals surface area (Å²) in [5, 5.41) is 2.43. The predicted octanol–water partition coefficient (Wildman–Crippen LogP) is 3.57. The number of ketones is 2. The molecule has 0 radical (unpaired) electrons. The molecule has 0 N–H and O–H groups in total. The van der Waals surface area contributed by atoms with Gasteiger partial charge in [-0.3, -0.25) is 9.59 Å². The van der Waals surface area contributed by atoms with Gasteiger partial charge in [0.25, 0.3) is 0 Å². The molecule has 0 aromatic heterocycles. The largest absolute Gasteiger partial charge is 0.300 e. The monoisotopic (exact) mass is 266 g/mol. The van der Waals surface area contributed by atoms with Crippen LogP contribution in [-0.4, -0.2) is 11.6 Å². The van der Waals surface area contributed by atoms with Gasteiger partial charge >= 0.3 is 0 Å². The molecular formula is C18H18O2. The maximum absolute atomic E-state index is 12.0. The normalized spacial score (nSPS) is 22.4. The van der Waals surface area contributed by atoms with Crippen LogP contribution < -0.4 is 0 Å². The molecule has 2 nitrogen and oxygen atoms in total.